The van der Waals surface area contributed by atoms with Crippen molar-refractivity contribution >= 4 is 24.1 Å². The Hall–Kier alpha value is -2.11. The lowest BCUT2D eigenvalue weighted by Crippen LogP contribution is -2.33. The van der Waals surface area contributed by atoms with Gasteiger partial charge in [0.2, 0.25) is 0 Å². The summed E-state index contributed by atoms with van der Waals surface area (Å²) in [7, 11) is 0. The lowest BCUT2D eigenvalue weighted by molar-refractivity contribution is 0.0736. The molecule has 25 heavy (non-hydrogen) atoms. The summed E-state index contributed by atoms with van der Waals surface area (Å²) in [5.41, 5.74) is 9.24. The second-order valence-corrected chi connectivity index (χ2v) is 6.04. The zero-order valence-electron chi connectivity index (χ0n) is 15.0. The SMILES string of the molecule is CC(=O)c1c(C)[nH]c(C(=O)N(CCCN)Cc2ccccc2)c1C.Cl. The molecular formula is C19H26ClN3O2. The smallest absolute Gasteiger partial charge is 0.270 e. The van der Waals surface area contributed by atoms with Crippen LogP contribution in [-0.2, 0) is 6.54 Å². The summed E-state index contributed by atoms with van der Waals surface area (Å²) in [6, 6.07) is 9.86. The fourth-order valence-corrected chi connectivity index (χ4v) is 2.99. The highest BCUT2D eigenvalue weighted by Crippen LogP contribution is 2.21. The van der Waals surface area contributed by atoms with Crippen LogP contribution in [0.15, 0.2) is 30.3 Å². The minimum Gasteiger partial charge on any atom is -0.354 e. The van der Waals surface area contributed by atoms with Crippen LogP contribution >= 0.6 is 12.4 Å². The van der Waals surface area contributed by atoms with E-state index in [1.165, 1.54) is 6.92 Å². The van der Waals surface area contributed by atoms with Crippen LogP contribution in [0.2, 0.25) is 0 Å². The quantitative estimate of drug-likeness (QED) is 0.741. The van der Waals surface area contributed by atoms with Gasteiger partial charge >= 0.3 is 0 Å². The number of ketones is 1. The predicted octanol–water partition coefficient (Wildman–Crippen LogP) is 3.25. The zero-order valence-corrected chi connectivity index (χ0v) is 15.8. The van der Waals surface area contributed by atoms with Crippen molar-refractivity contribution in [2.75, 3.05) is 13.1 Å². The Kier molecular flexibility index (Phi) is 7.87. The van der Waals surface area contributed by atoms with Crippen LogP contribution in [0.5, 0.6) is 0 Å². The Morgan fingerprint density at radius 3 is 2.32 bits per heavy atom. The number of aromatic nitrogens is 1. The number of halogens is 1. The number of aromatic amines is 1. The Labute approximate surface area is 155 Å². The normalized spacial score (nSPS) is 10.2. The molecule has 0 bridgehead atoms. The number of amides is 1. The number of hydrogen-bond donors (Lipinski definition) is 2. The fourth-order valence-electron chi connectivity index (χ4n) is 2.99. The van der Waals surface area contributed by atoms with Crippen LogP contribution < -0.4 is 5.73 Å². The third kappa shape index (κ3) is 4.94. The molecule has 1 aromatic carbocycles. The largest absolute Gasteiger partial charge is 0.354 e. The standard InChI is InChI=1S/C19H25N3O2.ClH/c1-13-17(15(3)23)14(2)21-18(13)19(24)22(11-7-10-20)12-16-8-5-4-6-9-16;/h4-6,8-9,21H,7,10-12,20H2,1-3H3;1H. The number of carbonyl (C=O) groups is 2. The predicted molar refractivity (Wildman–Crippen MR) is 102 cm³/mol. The number of aryl methyl sites for hydroxylation is 1. The van der Waals surface area contributed by atoms with Crippen molar-refractivity contribution < 1.29 is 9.59 Å². The summed E-state index contributed by atoms with van der Waals surface area (Å²) in [6.07, 6.45) is 0.733. The Morgan fingerprint density at radius 2 is 1.80 bits per heavy atom. The molecule has 0 spiro atoms. The first-order chi connectivity index (χ1) is 11.5. The molecule has 0 aliphatic rings. The highest BCUT2D eigenvalue weighted by molar-refractivity contribution is 6.02. The number of benzene rings is 1. The van der Waals surface area contributed by atoms with Gasteiger partial charge in [0.1, 0.15) is 5.69 Å². The fraction of sp³-hybridized carbons (Fsp3) is 0.368. The van der Waals surface area contributed by atoms with Gasteiger partial charge in [0.15, 0.2) is 5.78 Å². The number of Topliss-reactive ketones (excluding diaryl/α,β-unsaturated/α-hetero) is 1. The first-order valence-corrected chi connectivity index (χ1v) is 8.19. The van der Waals surface area contributed by atoms with Gasteiger partial charge in [0.25, 0.3) is 5.91 Å². The van der Waals surface area contributed by atoms with Gasteiger partial charge in [-0.2, -0.15) is 0 Å². The van der Waals surface area contributed by atoms with Gasteiger partial charge in [-0.3, -0.25) is 9.59 Å². The third-order valence-corrected chi connectivity index (χ3v) is 4.14. The summed E-state index contributed by atoms with van der Waals surface area (Å²) in [4.78, 5) is 29.7. The van der Waals surface area contributed by atoms with Gasteiger partial charge in [-0.1, -0.05) is 30.3 Å². The van der Waals surface area contributed by atoms with Crippen LogP contribution in [0.4, 0.5) is 0 Å². The van der Waals surface area contributed by atoms with Crippen LogP contribution in [0.25, 0.3) is 0 Å². The Bertz CT molecular complexity index is 726. The van der Waals surface area contributed by atoms with Crippen molar-refractivity contribution in [1.82, 2.24) is 9.88 Å². The van der Waals surface area contributed by atoms with Crippen molar-refractivity contribution in [2.45, 2.75) is 33.7 Å². The Balaban J connectivity index is 0.00000312. The molecule has 3 N–H and O–H groups in total. The average Bonchev–Trinajstić information content (AvgIpc) is 2.86. The van der Waals surface area contributed by atoms with E-state index in [0.29, 0.717) is 30.9 Å². The number of carbonyl (C=O) groups excluding carboxylic acids is 2. The number of nitrogens with zero attached hydrogens (tertiary/aromatic N) is 1. The number of nitrogens with one attached hydrogen (secondary N) is 1. The minimum atomic E-state index is -0.0968. The van der Waals surface area contributed by atoms with E-state index in [9.17, 15) is 9.59 Å². The van der Waals surface area contributed by atoms with Gasteiger partial charge in [0, 0.05) is 24.3 Å². The van der Waals surface area contributed by atoms with Crippen molar-refractivity contribution in [1.29, 1.82) is 0 Å². The molecule has 1 heterocycles. The summed E-state index contributed by atoms with van der Waals surface area (Å²) in [5.74, 6) is -0.128. The molecule has 0 atom stereocenters. The molecule has 0 fully saturated rings. The van der Waals surface area contributed by atoms with Crippen LogP contribution in [0, 0.1) is 13.8 Å². The zero-order chi connectivity index (χ0) is 17.7. The second-order valence-electron chi connectivity index (χ2n) is 6.04. The average molecular weight is 364 g/mol. The van der Waals surface area contributed by atoms with E-state index in [1.54, 1.807) is 4.90 Å². The lowest BCUT2D eigenvalue weighted by atomic mass is 10.1. The van der Waals surface area contributed by atoms with E-state index in [1.807, 2.05) is 44.2 Å². The monoisotopic (exact) mass is 363 g/mol. The molecule has 2 rings (SSSR count). The second kappa shape index (κ2) is 9.39. The molecule has 2 aromatic rings. The van der Waals surface area contributed by atoms with Gasteiger partial charge in [-0.15, -0.1) is 12.4 Å². The van der Waals surface area contributed by atoms with Crippen molar-refractivity contribution in [2.24, 2.45) is 5.73 Å². The van der Waals surface area contributed by atoms with Crippen molar-refractivity contribution in [3.63, 3.8) is 0 Å². The van der Waals surface area contributed by atoms with Crippen LogP contribution in [0.3, 0.4) is 0 Å². The molecule has 0 radical (unpaired) electrons. The third-order valence-electron chi connectivity index (χ3n) is 4.14. The molecule has 1 amide bonds. The molecule has 5 nitrogen and oxygen atoms in total. The summed E-state index contributed by atoms with van der Waals surface area (Å²) < 4.78 is 0. The maximum atomic E-state index is 13.0. The van der Waals surface area contributed by atoms with E-state index >= 15 is 0 Å². The maximum Gasteiger partial charge on any atom is 0.270 e. The van der Waals surface area contributed by atoms with Crippen LogP contribution in [0.1, 0.15) is 51.0 Å². The number of H-pyrrole nitrogens is 1. The number of rotatable bonds is 7. The molecule has 136 valence electrons. The maximum absolute atomic E-state index is 13.0. The molecule has 6 heteroatoms. The summed E-state index contributed by atoms with van der Waals surface area (Å²) in [5, 5.41) is 0. The van der Waals surface area contributed by atoms with Gasteiger partial charge in [-0.05, 0) is 44.9 Å². The van der Waals surface area contributed by atoms with Crippen molar-refractivity contribution in [3.8, 4) is 0 Å². The molecule has 1 aromatic heterocycles. The highest BCUT2D eigenvalue weighted by Gasteiger charge is 2.23. The van der Waals surface area contributed by atoms with Gasteiger partial charge < -0.3 is 15.6 Å². The van der Waals surface area contributed by atoms with E-state index in [-0.39, 0.29) is 24.1 Å². The molecule has 0 saturated carbocycles. The molecule has 0 saturated heterocycles. The van der Waals surface area contributed by atoms with Gasteiger partial charge in [0.05, 0.1) is 0 Å². The topological polar surface area (TPSA) is 79.2 Å². The summed E-state index contributed by atoms with van der Waals surface area (Å²) in [6.45, 7) is 6.79. The van der Waals surface area contributed by atoms with E-state index in [0.717, 1.165) is 23.2 Å². The summed E-state index contributed by atoms with van der Waals surface area (Å²) >= 11 is 0. The van der Waals surface area contributed by atoms with Gasteiger partial charge in [-0.25, -0.2) is 0 Å². The minimum absolute atomic E-state index is 0. The van der Waals surface area contributed by atoms with Crippen LogP contribution in [-0.4, -0.2) is 34.7 Å². The first kappa shape index (κ1) is 20.9. The van der Waals surface area contributed by atoms with E-state index < -0.39 is 0 Å². The number of nitrogens with two attached hydrogens (primary N) is 1. The highest BCUT2D eigenvalue weighted by atomic mass is 35.5. The van der Waals surface area contributed by atoms with E-state index in [2.05, 4.69) is 4.98 Å². The first-order valence-electron chi connectivity index (χ1n) is 8.19. The molecule has 0 aliphatic carbocycles. The Morgan fingerprint density at radius 1 is 1.16 bits per heavy atom. The van der Waals surface area contributed by atoms with Crippen molar-refractivity contribution in [3.05, 3.63) is 58.4 Å². The van der Waals surface area contributed by atoms with E-state index in [4.69, 9.17) is 5.73 Å². The molecular weight excluding hydrogens is 338 g/mol. The lowest BCUT2D eigenvalue weighted by Gasteiger charge is -2.22. The molecule has 0 unspecified atom stereocenters. The number of hydrogen-bond acceptors (Lipinski definition) is 3. The molecule has 0 aliphatic heterocycles.